The molecule has 0 aliphatic heterocycles. The van der Waals surface area contributed by atoms with Gasteiger partial charge in [-0.3, -0.25) is 0 Å². The highest BCUT2D eigenvalue weighted by Crippen LogP contribution is 2.40. The molecule has 0 saturated carbocycles. The van der Waals surface area contributed by atoms with E-state index in [1.807, 2.05) is 0 Å². The molecule has 3 aromatic rings. The zero-order valence-corrected chi connectivity index (χ0v) is 15.6. The summed E-state index contributed by atoms with van der Waals surface area (Å²) in [7, 11) is 0. The molecule has 0 radical (unpaired) electrons. The number of nitrogens with one attached hydrogen (secondary N) is 2. The summed E-state index contributed by atoms with van der Waals surface area (Å²) < 4.78 is 78.9. The summed E-state index contributed by atoms with van der Waals surface area (Å²) in [6, 6.07) is 11.7. The lowest BCUT2D eigenvalue weighted by Crippen LogP contribution is -2.13. The van der Waals surface area contributed by atoms with Crippen molar-refractivity contribution in [1.29, 1.82) is 0 Å². The van der Waals surface area contributed by atoms with Crippen molar-refractivity contribution in [3.63, 3.8) is 0 Å². The molecule has 3 rings (SSSR count). The summed E-state index contributed by atoms with van der Waals surface area (Å²) in [6.45, 7) is 2.26. The first-order chi connectivity index (χ1) is 14.1. The normalized spacial score (nSPS) is 12.0. The van der Waals surface area contributed by atoms with Crippen LogP contribution < -0.4 is 10.6 Å². The van der Waals surface area contributed by atoms with E-state index in [0.29, 0.717) is 23.9 Å². The van der Waals surface area contributed by atoms with Crippen LogP contribution in [0.5, 0.6) is 0 Å². The topological polar surface area (TPSA) is 49.8 Å². The molecule has 0 aliphatic rings. The van der Waals surface area contributed by atoms with Gasteiger partial charge in [0.25, 0.3) is 0 Å². The van der Waals surface area contributed by atoms with Crippen molar-refractivity contribution in [3.8, 4) is 11.3 Å². The largest absolute Gasteiger partial charge is 0.418 e. The Labute approximate surface area is 168 Å². The molecule has 0 spiro atoms. The first kappa shape index (κ1) is 21.4. The SMILES string of the molecule is CCNc1nc(Nc2ccc(C(F)(F)F)cc2C(F)(F)F)cc(-c2ccccc2)n1. The minimum Gasteiger partial charge on any atom is -0.354 e. The molecule has 0 amide bonds. The van der Waals surface area contributed by atoms with Crippen molar-refractivity contribution < 1.29 is 26.3 Å². The molecule has 0 aliphatic carbocycles. The number of alkyl halides is 6. The number of hydrogen-bond donors (Lipinski definition) is 2. The Morgan fingerprint density at radius 1 is 0.833 bits per heavy atom. The molecule has 10 heteroatoms. The zero-order chi connectivity index (χ0) is 21.9. The quantitative estimate of drug-likeness (QED) is 0.467. The van der Waals surface area contributed by atoms with E-state index in [-0.39, 0.29) is 17.8 Å². The third kappa shape index (κ3) is 5.00. The van der Waals surface area contributed by atoms with E-state index in [1.165, 1.54) is 6.07 Å². The molecule has 4 nitrogen and oxygen atoms in total. The Balaban J connectivity index is 2.06. The van der Waals surface area contributed by atoms with Gasteiger partial charge >= 0.3 is 12.4 Å². The molecule has 0 atom stereocenters. The summed E-state index contributed by atoms with van der Waals surface area (Å²) in [6.07, 6.45) is -9.89. The number of aromatic nitrogens is 2. The highest BCUT2D eigenvalue weighted by Gasteiger charge is 2.38. The van der Waals surface area contributed by atoms with Gasteiger partial charge in [0.1, 0.15) is 5.82 Å². The van der Waals surface area contributed by atoms with Crippen LogP contribution >= 0.6 is 0 Å². The van der Waals surface area contributed by atoms with Crippen molar-refractivity contribution in [2.24, 2.45) is 0 Å². The molecule has 1 heterocycles. The van der Waals surface area contributed by atoms with Crippen LogP contribution in [-0.2, 0) is 12.4 Å². The van der Waals surface area contributed by atoms with E-state index >= 15 is 0 Å². The van der Waals surface area contributed by atoms with E-state index in [9.17, 15) is 26.3 Å². The molecule has 158 valence electrons. The van der Waals surface area contributed by atoms with Gasteiger partial charge in [0.2, 0.25) is 5.95 Å². The predicted molar refractivity (Wildman–Crippen MR) is 101 cm³/mol. The summed E-state index contributed by atoms with van der Waals surface area (Å²) in [5.41, 5.74) is -2.24. The minimum absolute atomic E-state index is 0.00469. The van der Waals surface area contributed by atoms with Crippen molar-refractivity contribution in [2.45, 2.75) is 19.3 Å². The Morgan fingerprint density at radius 3 is 2.13 bits per heavy atom. The first-order valence-corrected chi connectivity index (χ1v) is 8.82. The van der Waals surface area contributed by atoms with Crippen LogP contribution in [-0.4, -0.2) is 16.5 Å². The van der Waals surface area contributed by atoms with Gasteiger partial charge in [0, 0.05) is 18.2 Å². The Kier molecular flexibility index (Phi) is 5.86. The average Bonchev–Trinajstić information content (AvgIpc) is 2.67. The Bertz CT molecular complexity index is 1020. The van der Waals surface area contributed by atoms with Crippen LogP contribution in [0.2, 0.25) is 0 Å². The number of rotatable bonds is 5. The van der Waals surface area contributed by atoms with Crippen LogP contribution in [0.25, 0.3) is 11.3 Å². The van der Waals surface area contributed by atoms with Crippen LogP contribution in [0.4, 0.5) is 43.8 Å². The first-order valence-electron chi connectivity index (χ1n) is 8.82. The highest BCUT2D eigenvalue weighted by atomic mass is 19.4. The van der Waals surface area contributed by atoms with Crippen LogP contribution in [0.15, 0.2) is 54.6 Å². The lowest BCUT2D eigenvalue weighted by molar-refractivity contribution is -0.142. The molecule has 0 saturated heterocycles. The number of halogens is 6. The fourth-order valence-electron chi connectivity index (χ4n) is 2.71. The van der Waals surface area contributed by atoms with Gasteiger partial charge in [-0.1, -0.05) is 30.3 Å². The summed E-state index contributed by atoms with van der Waals surface area (Å²) in [5.74, 6) is 0.173. The maximum atomic E-state index is 13.4. The van der Waals surface area contributed by atoms with Crippen molar-refractivity contribution in [2.75, 3.05) is 17.2 Å². The Hall–Kier alpha value is -3.30. The Morgan fingerprint density at radius 2 is 1.53 bits per heavy atom. The summed E-state index contributed by atoms with van der Waals surface area (Å²) in [5, 5.41) is 5.37. The molecular weight excluding hydrogens is 410 g/mol. The summed E-state index contributed by atoms with van der Waals surface area (Å²) in [4.78, 5) is 8.43. The molecular formula is C20H16F6N4. The van der Waals surface area contributed by atoms with Gasteiger partial charge in [-0.2, -0.15) is 31.3 Å². The van der Waals surface area contributed by atoms with Crippen LogP contribution in [0.1, 0.15) is 18.1 Å². The molecule has 30 heavy (non-hydrogen) atoms. The van der Waals surface area contributed by atoms with Crippen molar-refractivity contribution in [3.05, 3.63) is 65.7 Å². The average molecular weight is 426 g/mol. The van der Waals surface area contributed by atoms with E-state index in [2.05, 4.69) is 20.6 Å². The number of benzene rings is 2. The van der Waals surface area contributed by atoms with E-state index < -0.39 is 29.2 Å². The smallest absolute Gasteiger partial charge is 0.354 e. The number of nitrogens with zero attached hydrogens (tertiary/aromatic N) is 2. The standard InChI is InChI=1S/C20H16F6N4/c1-2-27-18-29-16(12-6-4-3-5-7-12)11-17(30-18)28-15-9-8-13(19(21,22)23)10-14(15)20(24,25)26/h3-11H,2H2,1H3,(H2,27,28,29,30). The second-order valence-electron chi connectivity index (χ2n) is 6.24. The van der Waals surface area contributed by atoms with Gasteiger partial charge in [-0.25, -0.2) is 4.98 Å². The summed E-state index contributed by atoms with van der Waals surface area (Å²) >= 11 is 0. The van der Waals surface area contributed by atoms with Gasteiger partial charge in [-0.15, -0.1) is 0 Å². The molecule has 0 fully saturated rings. The second kappa shape index (κ2) is 8.21. The minimum atomic E-state index is -5.00. The molecule has 1 aromatic heterocycles. The predicted octanol–water partition coefficient (Wildman–Crippen LogP) is 6.36. The molecule has 2 N–H and O–H groups in total. The van der Waals surface area contributed by atoms with Crippen LogP contribution in [0, 0.1) is 0 Å². The monoisotopic (exact) mass is 426 g/mol. The lowest BCUT2D eigenvalue weighted by Gasteiger charge is -2.17. The van der Waals surface area contributed by atoms with Gasteiger partial charge in [0.15, 0.2) is 0 Å². The molecule has 0 bridgehead atoms. The van der Waals surface area contributed by atoms with E-state index in [0.717, 1.165) is 6.07 Å². The van der Waals surface area contributed by atoms with Crippen molar-refractivity contribution >= 4 is 17.5 Å². The van der Waals surface area contributed by atoms with E-state index in [4.69, 9.17) is 0 Å². The molecule has 2 aromatic carbocycles. The maximum absolute atomic E-state index is 13.4. The maximum Gasteiger partial charge on any atom is 0.418 e. The molecule has 0 unspecified atom stereocenters. The van der Waals surface area contributed by atoms with Crippen LogP contribution in [0.3, 0.4) is 0 Å². The lowest BCUT2D eigenvalue weighted by atomic mass is 10.1. The number of hydrogen-bond acceptors (Lipinski definition) is 4. The fourth-order valence-corrected chi connectivity index (χ4v) is 2.71. The van der Waals surface area contributed by atoms with Gasteiger partial charge in [0.05, 0.1) is 22.5 Å². The van der Waals surface area contributed by atoms with Gasteiger partial charge in [-0.05, 0) is 25.1 Å². The fraction of sp³-hybridized carbons (Fsp3) is 0.200. The zero-order valence-electron chi connectivity index (χ0n) is 15.6. The van der Waals surface area contributed by atoms with E-state index in [1.54, 1.807) is 37.3 Å². The van der Waals surface area contributed by atoms with Crippen molar-refractivity contribution in [1.82, 2.24) is 9.97 Å². The third-order valence-electron chi connectivity index (χ3n) is 4.05. The highest BCUT2D eigenvalue weighted by molar-refractivity contribution is 5.69. The number of anilines is 3. The van der Waals surface area contributed by atoms with Gasteiger partial charge < -0.3 is 10.6 Å². The third-order valence-corrected chi connectivity index (χ3v) is 4.05. The second-order valence-corrected chi connectivity index (χ2v) is 6.24.